The Morgan fingerprint density at radius 3 is 2.79 bits per heavy atom. The van der Waals surface area contributed by atoms with Gasteiger partial charge in [-0.1, -0.05) is 30.3 Å². The third kappa shape index (κ3) is 3.36. The van der Waals surface area contributed by atoms with E-state index in [1.54, 1.807) is 19.4 Å². The fraction of sp³-hybridized carbons (Fsp3) is 0.167. The molecule has 0 saturated carbocycles. The Kier molecular flexibility index (Phi) is 4.43. The molecule has 0 amide bonds. The van der Waals surface area contributed by atoms with Crippen LogP contribution in [0.25, 0.3) is 11.1 Å². The molecule has 0 aliphatic heterocycles. The number of aromatic nitrogens is 3. The molecule has 0 N–H and O–H groups in total. The first-order valence-corrected chi connectivity index (χ1v) is 7.44. The van der Waals surface area contributed by atoms with Crippen molar-refractivity contribution in [2.24, 2.45) is 7.05 Å². The molecule has 0 unspecified atom stereocenters. The third-order valence-corrected chi connectivity index (χ3v) is 3.61. The van der Waals surface area contributed by atoms with Gasteiger partial charge in [-0.05, 0) is 5.56 Å². The third-order valence-electron chi connectivity index (χ3n) is 3.61. The lowest BCUT2D eigenvalue weighted by atomic mass is 10.1. The monoisotopic (exact) mass is 320 g/mol. The molecule has 0 saturated heterocycles. The molecule has 3 rings (SSSR count). The summed E-state index contributed by atoms with van der Waals surface area (Å²) in [5.41, 5.74) is 2.51. The molecule has 6 heteroatoms. The van der Waals surface area contributed by atoms with Gasteiger partial charge in [0.05, 0.1) is 12.7 Å². The molecule has 1 aromatic carbocycles. The summed E-state index contributed by atoms with van der Waals surface area (Å²) in [5.74, 6) is 0.388. The fourth-order valence-corrected chi connectivity index (χ4v) is 2.42. The van der Waals surface area contributed by atoms with Crippen molar-refractivity contribution in [2.75, 3.05) is 6.61 Å². The molecule has 2 aromatic heterocycles. The van der Waals surface area contributed by atoms with Crippen LogP contribution in [0.1, 0.15) is 5.56 Å². The highest BCUT2D eigenvalue weighted by atomic mass is 16.5. The number of ether oxygens (including phenoxy) is 1. The minimum atomic E-state index is -0.191. The van der Waals surface area contributed by atoms with Gasteiger partial charge in [-0.25, -0.2) is 0 Å². The highest BCUT2D eigenvalue weighted by molar-refractivity contribution is 5.68. The van der Waals surface area contributed by atoms with Gasteiger partial charge in [0.25, 0.3) is 5.56 Å². The lowest BCUT2D eigenvalue weighted by Gasteiger charge is -2.09. The Hall–Kier alpha value is -3.33. The number of nitrogens with zero attached hydrogens (tertiary/aromatic N) is 4. The van der Waals surface area contributed by atoms with E-state index in [1.807, 2.05) is 47.3 Å². The topological polar surface area (TPSA) is 72.8 Å². The number of benzene rings is 1. The van der Waals surface area contributed by atoms with Crippen molar-refractivity contribution in [2.45, 2.75) is 6.54 Å². The SMILES string of the molecule is Cn1cc(-c2cnn(Cc3ccccc3)c2)c(OCC#N)cc1=O. The zero-order valence-electron chi connectivity index (χ0n) is 13.2. The molecule has 0 aliphatic rings. The summed E-state index contributed by atoms with van der Waals surface area (Å²) in [5, 5.41) is 13.1. The van der Waals surface area contributed by atoms with Gasteiger partial charge in [-0.15, -0.1) is 0 Å². The van der Waals surface area contributed by atoms with Gasteiger partial charge in [0.2, 0.25) is 0 Å². The van der Waals surface area contributed by atoms with Crippen molar-refractivity contribution in [1.82, 2.24) is 14.3 Å². The summed E-state index contributed by atoms with van der Waals surface area (Å²) in [6, 6.07) is 13.3. The molecule has 0 fully saturated rings. The Bertz CT molecular complexity index is 936. The summed E-state index contributed by atoms with van der Waals surface area (Å²) in [6.07, 6.45) is 5.31. The van der Waals surface area contributed by atoms with Crippen molar-refractivity contribution in [3.8, 4) is 22.9 Å². The van der Waals surface area contributed by atoms with Gasteiger partial charge in [0, 0.05) is 36.6 Å². The molecule has 6 nitrogen and oxygen atoms in total. The molecular weight excluding hydrogens is 304 g/mol. The van der Waals surface area contributed by atoms with E-state index in [4.69, 9.17) is 10.00 Å². The number of hydrogen-bond donors (Lipinski definition) is 0. The van der Waals surface area contributed by atoms with Crippen LogP contribution in [0.3, 0.4) is 0 Å². The van der Waals surface area contributed by atoms with Crippen LogP contribution in [0, 0.1) is 11.3 Å². The molecule has 2 heterocycles. The number of pyridine rings is 1. The van der Waals surface area contributed by atoms with Gasteiger partial charge in [-0.2, -0.15) is 10.4 Å². The maximum Gasteiger partial charge on any atom is 0.254 e. The van der Waals surface area contributed by atoms with Crippen molar-refractivity contribution in [3.05, 3.63) is 70.9 Å². The van der Waals surface area contributed by atoms with E-state index in [1.165, 1.54) is 10.6 Å². The van der Waals surface area contributed by atoms with E-state index in [9.17, 15) is 4.79 Å². The van der Waals surface area contributed by atoms with Crippen molar-refractivity contribution in [3.63, 3.8) is 0 Å². The van der Waals surface area contributed by atoms with Crippen LogP contribution >= 0.6 is 0 Å². The molecule has 120 valence electrons. The average Bonchev–Trinajstić information content (AvgIpc) is 3.04. The van der Waals surface area contributed by atoms with Crippen LogP contribution in [0.15, 0.2) is 59.8 Å². The van der Waals surface area contributed by atoms with Gasteiger partial charge in [0.1, 0.15) is 11.8 Å². The quantitative estimate of drug-likeness (QED) is 0.722. The second kappa shape index (κ2) is 6.84. The zero-order chi connectivity index (χ0) is 16.9. The zero-order valence-corrected chi connectivity index (χ0v) is 13.2. The standard InChI is InChI=1S/C18H16N4O2/c1-21-13-16(17(9-18(21)23)24-8-7-19)15-10-20-22(12-15)11-14-5-3-2-4-6-14/h2-6,9-10,12-13H,8,11H2,1H3. The van der Waals surface area contributed by atoms with Crippen LogP contribution in [0.2, 0.25) is 0 Å². The van der Waals surface area contributed by atoms with Crippen molar-refractivity contribution < 1.29 is 4.74 Å². The first kappa shape index (κ1) is 15.6. The van der Waals surface area contributed by atoms with E-state index in [2.05, 4.69) is 5.10 Å². The maximum atomic E-state index is 11.8. The van der Waals surface area contributed by atoms with Gasteiger partial charge < -0.3 is 9.30 Å². The molecule has 0 atom stereocenters. The van der Waals surface area contributed by atoms with E-state index < -0.39 is 0 Å². The molecule has 24 heavy (non-hydrogen) atoms. The number of nitriles is 1. The van der Waals surface area contributed by atoms with Crippen LogP contribution in [-0.4, -0.2) is 21.0 Å². The molecule has 3 aromatic rings. The highest BCUT2D eigenvalue weighted by Crippen LogP contribution is 2.28. The summed E-state index contributed by atoms with van der Waals surface area (Å²) in [4.78, 5) is 11.8. The minimum Gasteiger partial charge on any atom is -0.478 e. The lowest BCUT2D eigenvalue weighted by molar-refractivity contribution is 0.368. The van der Waals surface area contributed by atoms with E-state index in [0.29, 0.717) is 12.3 Å². The Balaban J connectivity index is 1.93. The summed E-state index contributed by atoms with van der Waals surface area (Å²) in [6.45, 7) is 0.541. The Morgan fingerprint density at radius 1 is 1.25 bits per heavy atom. The predicted octanol–water partition coefficient (Wildman–Crippen LogP) is 2.20. The van der Waals surface area contributed by atoms with E-state index >= 15 is 0 Å². The predicted molar refractivity (Wildman–Crippen MR) is 89.6 cm³/mol. The van der Waals surface area contributed by atoms with Crippen LogP contribution in [0.5, 0.6) is 5.75 Å². The summed E-state index contributed by atoms with van der Waals surface area (Å²) in [7, 11) is 1.67. The smallest absolute Gasteiger partial charge is 0.254 e. The molecule has 0 aliphatic carbocycles. The van der Waals surface area contributed by atoms with Gasteiger partial charge in [-0.3, -0.25) is 9.48 Å². The number of hydrogen-bond acceptors (Lipinski definition) is 4. The highest BCUT2D eigenvalue weighted by Gasteiger charge is 2.11. The molecular formula is C18H16N4O2. The normalized spacial score (nSPS) is 10.3. The van der Waals surface area contributed by atoms with E-state index in [0.717, 1.165) is 16.7 Å². The van der Waals surface area contributed by atoms with Crippen molar-refractivity contribution in [1.29, 1.82) is 5.26 Å². The molecule has 0 spiro atoms. The second-order valence-corrected chi connectivity index (χ2v) is 5.36. The Morgan fingerprint density at radius 2 is 2.04 bits per heavy atom. The van der Waals surface area contributed by atoms with Crippen LogP contribution < -0.4 is 10.3 Å². The van der Waals surface area contributed by atoms with Gasteiger partial charge >= 0.3 is 0 Å². The number of rotatable bonds is 5. The number of aryl methyl sites for hydroxylation is 1. The lowest BCUT2D eigenvalue weighted by Crippen LogP contribution is -2.16. The van der Waals surface area contributed by atoms with Crippen molar-refractivity contribution >= 4 is 0 Å². The van der Waals surface area contributed by atoms with Gasteiger partial charge in [0.15, 0.2) is 6.61 Å². The van der Waals surface area contributed by atoms with Crippen LogP contribution in [0.4, 0.5) is 0 Å². The fourth-order valence-electron chi connectivity index (χ4n) is 2.42. The Labute approximate surface area is 139 Å². The first-order chi connectivity index (χ1) is 11.7. The molecule has 0 bridgehead atoms. The average molecular weight is 320 g/mol. The van der Waals surface area contributed by atoms with E-state index in [-0.39, 0.29) is 12.2 Å². The summed E-state index contributed by atoms with van der Waals surface area (Å²) >= 11 is 0. The first-order valence-electron chi connectivity index (χ1n) is 7.44. The minimum absolute atomic E-state index is 0.113. The largest absolute Gasteiger partial charge is 0.478 e. The maximum absolute atomic E-state index is 11.8. The van der Waals surface area contributed by atoms with Crippen LogP contribution in [-0.2, 0) is 13.6 Å². The molecule has 0 radical (unpaired) electrons. The second-order valence-electron chi connectivity index (χ2n) is 5.36. The summed E-state index contributed by atoms with van der Waals surface area (Å²) < 4.78 is 8.69.